The molecule has 0 radical (unpaired) electrons. The number of ether oxygens (including phenoxy) is 1. The maximum absolute atomic E-state index is 12.8. The third-order valence-electron chi connectivity index (χ3n) is 5.71. The minimum atomic E-state index is -0.0985. The minimum Gasteiger partial charge on any atom is -0.376 e. The summed E-state index contributed by atoms with van der Waals surface area (Å²) in [4.78, 5) is 17.9. The average molecular weight is 456 g/mol. The molecule has 0 saturated carbocycles. The molecule has 7 heteroatoms. The predicted molar refractivity (Wildman–Crippen MR) is 131 cm³/mol. The van der Waals surface area contributed by atoms with Gasteiger partial charge in [0.2, 0.25) is 0 Å². The Morgan fingerprint density at radius 3 is 2.81 bits per heavy atom. The summed E-state index contributed by atoms with van der Waals surface area (Å²) >= 11 is 11.8. The second-order valence-corrected chi connectivity index (χ2v) is 8.93. The highest BCUT2D eigenvalue weighted by molar-refractivity contribution is 7.80. The molecule has 1 aliphatic heterocycles. The molecule has 5 nitrogen and oxygen atoms in total. The van der Waals surface area contributed by atoms with E-state index >= 15 is 0 Å². The van der Waals surface area contributed by atoms with Gasteiger partial charge in [0, 0.05) is 34.9 Å². The number of halogens is 1. The standard InChI is InChI=1S/C24H26ClN3O2S/c1-15-9-17-11-18(23(29)27-22(17)10-16(15)2)13-28(14-21-7-4-8-30-21)24(31)26-20-6-3-5-19(25)12-20/h3,5-6,9-12,21H,4,7-8,13-14H2,1-2H3,(H,26,31)(H,27,29)/t21-/m0/s1. The Balaban J connectivity index is 1.62. The van der Waals surface area contributed by atoms with E-state index < -0.39 is 0 Å². The summed E-state index contributed by atoms with van der Waals surface area (Å²) < 4.78 is 5.83. The van der Waals surface area contributed by atoms with Crippen LogP contribution in [0.15, 0.2) is 47.3 Å². The molecular formula is C24H26ClN3O2S. The van der Waals surface area contributed by atoms with E-state index in [0.717, 1.165) is 41.6 Å². The van der Waals surface area contributed by atoms with E-state index in [9.17, 15) is 4.79 Å². The van der Waals surface area contributed by atoms with Gasteiger partial charge in [-0.3, -0.25) is 4.79 Å². The van der Waals surface area contributed by atoms with E-state index in [1.54, 1.807) is 0 Å². The van der Waals surface area contributed by atoms with Gasteiger partial charge >= 0.3 is 0 Å². The number of aryl methyl sites for hydroxylation is 2. The largest absolute Gasteiger partial charge is 0.376 e. The van der Waals surface area contributed by atoms with Crippen LogP contribution < -0.4 is 10.9 Å². The van der Waals surface area contributed by atoms with Crippen molar-refractivity contribution in [3.05, 3.63) is 74.5 Å². The molecule has 0 unspecified atom stereocenters. The highest BCUT2D eigenvalue weighted by Crippen LogP contribution is 2.20. The van der Waals surface area contributed by atoms with Crippen LogP contribution in [-0.2, 0) is 11.3 Å². The number of nitrogens with one attached hydrogen (secondary N) is 2. The number of aromatic amines is 1. The zero-order valence-corrected chi connectivity index (χ0v) is 19.3. The Hall–Kier alpha value is -2.41. The van der Waals surface area contributed by atoms with E-state index in [-0.39, 0.29) is 11.7 Å². The van der Waals surface area contributed by atoms with Gasteiger partial charge in [0.15, 0.2) is 5.11 Å². The van der Waals surface area contributed by atoms with Crippen molar-refractivity contribution in [1.29, 1.82) is 0 Å². The molecule has 0 bridgehead atoms. The smallest absolute Gasteiger partial charge is 0.253 e. The molecule has 2 heterocycles. The van der Waals surface area contributed by atoms with E-state index in [1.165, 1.54) is 5.56 Å². The lowest BCUT2D eigenvalue weighted by atomic mass is 10.0. The van der Waals surface area contributed by atoms with Crippen LogP contribution in [0.25, 0.3) is 10.9 Å². The van der Waals surface area contributed by atoms with E-state index in [1.807, 2.05) is 48.2 Å². The van der Waals surface area contributed by atoms with Crippen LogP contribution in [0, 0.1) is 13.8 Å². The molecule has 1 saturated heterocycles. The van der Waals surface area contributed by atoms with Gasteiger partial charge in [0.25, 0.3) is 5.56 Å². The summed E-state index contributed by atoms with van der Waals surface area (Å²) in [6.07, 6.45) is 2.13. The summed E-state index contributed by atoms with van der Waals surface area (Å²) in [5.41, 5.74) is 4.58. The number of hydrogen-bond acceptors (Lipinski definition) is 3. The number of benzene rings is 2. The number of nitrogens with zero attached hydrogens (tertiary/aromatic N) is 1. The van der Waals surface area contributed by atoms with Crippen molar-refractivity contribution in [1.82, 2.24) is 9.88 Å². The third-order valence-corrected chi connectivity index (χ3v) is 6.30. The van der Waals surface area contributed by atoms with Crippen molar-refractivity contribution in [2.75, 3.05) is 18.5 Å². The maximum atomic E-state index is 12.8. The van der Waals surface area contributed by atoms with Gasteiger partial charge in [-0.2, -0.15) is 0 Å². The van der Waals surface area contributed by atoms with E-state index in [2.05, 4.69) is 23.3 Å². The number of thiocarbonyl (C=S) groups is 1. The number of hydrogen-bond donors (Lipinski definition) is 2. The molecule has 1 aliphatic rings. The van der Waals surface area contributed by atoms with Gasteiger partial charge in [-0.1, -0.05) is 17.7 Å². The Kier molecular flexibility index (Phi) is 6.60. The highest BCUT2D eigenvalue weighted by atomic mass is 35.5. The Morgan fingerprint density at radius 1 is 1.26 bits per heavy atom. The summed E-state index contributed by atoms with van der Waals surface area (Å²) in [5, 5.41) is 5.45. The van der Waals surface area contributed by atoms with Crippen molar-refractivity contribution in [3.8, 4) is 0 Å². The topological polar surface area (TPSA) is 57.4 Å². The summed E-state index contributed by atoms with van der Waals surface area (Å²) in [6.45, 7) is 5.90. The van der Waals surface area contributed by atoms with Gasteiger partial charge in [-0.25, -0.2) is 0 Å². The predicted octanol–water partition coefficient (Wildman–Crippen LogP) is 5.18. The molecule has 4 rings (SSSR count). The first kappa shape index (κ1) is 21.8. The van der Waals surface area contributed by atoms with Gasteiger partial charge in [0.05, 0.1) is 12.6 Å². The first-order chi connectivity index (χ1) is 14.9. The number of H-pyrrole nitrogens is 1. The van der Waals surface area contributed by atoms with Crippen LogP contribution in [-0.4, -0.2) is 34.3 Å². The SMILES string of the molecule is Cc1cc2cc(CN(C[C@@H]3CCCO3)C(=S)Nc3cccc(Cl)c3)c(=O)[nH]c2cc1C. The molecule has 0 amide bonds. The fraction of sp³-hybridized carbons (Fsp3) is 0.333. The van der Waals surface area contributed by atoms with Gasteiger partial charge in [-0.15, -0.1) is 0 Å². The van der Waals surface area contributed by atoms with Crippen LogP contribution in [0.1, 0.15) is 29.5 Å². The van der Waals surface area contributed by atoms with Gasteiger partial charge < -0.3 is 19.9 Å². The minimum absolute atomic E-state index is 0.0985. The molecule has 0 spiro atoms. The number of rotatable bonds is 5. The molecule has 2 aromatic carbocycles. The van der Waals surface area contributed by atoms with Crippen LogP contribution in [0.3, 0.4) is 0 Å². The van der Waals surface area contributed by atoms with Crippen LogP contribution in [0.2, 0.25) is 5.02 Å². The number of fused-ring (bicyclic) bond motifs is 1. The summed E-state index contributed by atoms with van der Waals surface area (Å²) in [6, 6.07) is 13.5. The van der Waals surface area contributed by atoms with E-state index in [0.29, 0.717) is 28.8 Å². The summed E-state index contributed by atoms with van der Waals surface area (Å²) in [7, 11) is 0. The van der Waals surface area contributed by atoms with Gasteiger partial charge in [-0.05, 0) is 91.8 Å². The first-order valence-corrected chi connectivity index (χ1v) is 11.2. The van der Waals surface area contributed by atoms with Gasteiger partial charge in [0.1, 0.15) is 0 Å². The molecule has 1 aromatic heterocycles. The van der Waals surface area contributed by atoms with Crippen molar-refractivity contribution in [2.45, 2.75) is 39.3 Å². The Bertz CT molecular complexity index is 1170. The normalized spacial score (nSPS) is 15.9. The van der Waals surface area contributed by atoms with Crippen molar-refractivity contribution >= 4 is 45.5 Å². The quantitative estimate of drug-likeness (QED) is 0.519. The number of anilines is 1. The lowest BCUT2D eigenvalue weighted by Crippen LogP contribution is -2.40. The lowest BCUT2D eigenvalue weighted by molar-refractivity contribution is 0.0904. The second kappa shape index (κ2) is 9.39. The van der Waals surface area contributed by atoms with E-state index in [4.69, 9.17) is 28.6 Å². The molecule has 1 atom stereocenters. The maximum Gasteiger partial charge on any atom is 0.253 e. The molecule has 2 N–H and O–H groups in total. The number of aromatic nitrogens is 1. The summed E-state index contributed by atoms with van der Waals surface area (Å²) in [5.74, 6) is 0. The number of pyridine rings is 1. The molecule has 1 fully saturated rings. The van der Waals surface area contributed by atoms with Crippen molar-refractivity contribution in [3.63, 3.8) is 0 Å². The monoisotopic (exact) mass is 455 g/mol. The average Bonchev–Trinajstić information content (AvgIpc) is 3.23. The Labute approximate surface area is 192 Å². The fourth-order valence-corrected chi connectivity index (χ4v) is 4.31. The second-order valence-electron chi connectivity index (χ2n) is 8.10. The van der Waals surface area contributed by atoms with Crippen molar-refractivity contribution < 1.29 is 4.74 Å². The third kappa shape index (κ3) is 5.26. The van der Waals surface area contributed by atoms with Crippen LogP contribution in [0.5, 0.6) is 0 Å². The molecular weight excluding hydrogens is 430 g/mol. The fourth-order valence-electron chi connectivity index (χ4n) is 3.87. The molecule has 31 heavy (non-hydrogen) atoms. The highest BCUT2D eigenvalue weighted by Gasteiger charge is 2.22. The lowest BCUT2D eigenvalue weighted by Gasteiger charge is -2.28. The van der Waals surface area contributed by atoms with Crippen molar-refractivity contribution in [2.24, 2.45) is 0 Å². The van der Waals surface area contributed by atoms with Crippen LogP contribution >= 0.6 is 23.8 Å². The zero-order valence-electron chi connectivity index (χ0n) is 17.7. The molecule has 162 valence electrons. The Morgan fingerprint density at radius 2 is 2.06 bits per heavy atom. The molecule has 0 aliphatic carbocycles. The molecule has 3 aromatic rings. The first-order valence-electron chi connectivity index (χ1n) is 10.5. The van der Waals surface area contributed by atoms with Crippen LogP contribution in [0.4, 0.5) is 5.69 Å². The zero-order chi connectivity index (χ0) is 22.0.